The first kappa shape index (κ1) is 23.2. The molecule has 0 radical (unpaired) electrons. The van der Waals surface area contributed by atoms with Crippen LogP contribution in [-0.4, -0.2) is 53.9 Å². The van der Waals surface area contributed by atoms with Crippen molar-refractivity contribution in [3.8, 4) is 11.5 Å². The molecule has 2 N–H and O–H groups in total. The summed E-state index contributed by atoms with van der Waals surface area (Å²) in [6.45, 7) is 8.10. The quantitative estimate of drug-likeness (QED) is 0.373. The van der Waals surface area contributed by atoms with Gasteiger partial charge in [-0.05, 0) is 24.6 Å². The molecule has 1 aliphatic carbocycles. The van der Waals surface area contributed by atoms with Gasteiger partial charge in [0.15, 0.2) is 17.3 Å². The summed E-state index contributed by atoms with van der Waals surface area (Å²) in [7, 11) is 1.34. The van der Waals surface area contributed by atoms with Gasteiger partial charge < -0.3 is 24.4 Å². The van der Waals surface area contributed by atoms with E-state index in [-0.39, 0.29) is 24.7 Å². The molecule has 0 bridgehead atoms. The molecule has 162 valence electrons. The second-order valence-corrected chi connectivity index (χ2v) is 7.25. The maximum atomic E-state index is 12.9. The summed E-state index contributed by atoms with van der Waals surface area (Å²) in [5, 5.41) is 20.9. The second kappa shape index (κ2) is 9.58. The van der Waals surface area contributed by atoms with Crippen LogP contribution in [0.25, 0.3) is 0 Å². The minimum atomic E-state index is -1.78. The lowest BCUT2D eigenvalue weighted by atomic mass is 9.61. The number of ketones is 1. The number of carbonyl (C=O) groups is 3. The Morgan fingerprint density at radius 3 is 2.37 bits per heavy atom. The molecule has 8 nitrogen and oxygen atoms in total. The number of methoxy groups -OCH3 is 1. The van der Waals surface area contributed by atoms with E-state index in [0.717, 1.165) is 0 Å². The number of ether oxygens (including phenoxy) is 3. The van der Waals surface area contributed by atoms with Gasteiger partial charge in [0.1, 0.15) is 19.1 Å². The summed E-state index contributed by atoms with van der Waals surface area (Å²) in [5.41, 5.74) is -1.44. The zero-order valence-electron chi connectivity index (χ0n) is 17.0. The van der Waals surface area contributed by atoms with Gasteiger partial charge >= 0.3 is 11.9 Å². The number of hydrogen-bond acceptors (Lipinski definition) is 8. The van der Waals surface area contributed by atoms with Gasteiger partial charge in [-0.15, -0.1) is 0 Å². The first-order chi connectivity index (χ1) is 14.2. The van der Waals surface area contributed by atoms with Crippen LogP contribution in [0.15, 0.2) is 43.5 Å². The van der Waals surface area contributed by atoms with Crippen LogP contribution in [0, 0.1) is 11.8 Å². The van der Waals surface area contributed by atoms with Crippen molar-refractivity contribution in [3.63, 3.8) is 0 Å². The Balaban J connectivity index is 2.64. The normalized spacial score (nSPS) is 25.8. The average Bonchev–Trinajstić information content (AvgIpc) is 2.69. The Morgan fingerprint density at radius 1 is 1.20 bits per heavy atom. The predicted octanol–water partition coefficient (Wildman–Crippen LogP) is 1.90. The number of benzene rings is 1. The van der Waals surface area contributed by atoms with E-state index in [1.54, 1.807) is 0 Å². The lowest BCUT2D eigenvalue weighted by Crippen LogP contribution is -2.55. The van der Waals surface area contributed by atoms with Gasteiger partial charge in [0.2, 0.25) is 0 Å². The Labute approximate surface area is 174 Å². The molecule has 1 aliphatic rings. The fourth-order valence-electron chi connectivity index (χ4n) is 3.78. The van der Waals surface area contributed by atoms with E-state index in [9.17, 15) is 24.6 Å². The number of esters is 2. The van der Waals surface area contributed by atoms with Crippen molar-refractivity contribution in [1.82, 2.24) is 0 Å². The Bertz CT molecular complexity index is 842. The molecule has 0 saturated heterocycles. The van der Waals surface area contributed by atoms with E-state index in [1.807, 2.05) is 0 Å². The molecule has 0 spiro atoms. The highest BCUT2D eigenvalue weighted by atomic mass is 16.5. The third-order valence-corrected chi connectivity index (χ3v) is 5.05. The van der Waals surface area contributed by atoms with Crippen molar-refractivity contribution in [1.29, 1.82) is 0 Å². The molecular weight excluding hydrogens is 392 g/mol. The highest BCUT2D eigenvalue weighted by Gasteiger charge is 2.57. The Kier molecular flexibility index (Phi) is 7.39. The summed E-state index contributed by atoms with van der Waals surface area (Å²) in [4.78, 5) is 38.5. The zero-order chi connectivity index (χ0) is 22.5. The van der Waals surface area contributed by atoms with Crippen molar-refractivity contribution in [3.05, 3.63) is 49.1 Å². The number of aromatic hydroxyl groups is 1. The van der Waals surface area contributed by atoms with Gasteiger partial charge in [-0.1, -0.05) is 31.4 Å². The molecule has 0 heterocycles. The van der Waals surface area contributed by atoms with Crippen LogP contribution in [0.3, 0.4) is 0 Å². The number of carbonyl (C=O) groups excluding carboxylic acids is 3. The zero-order valence-corrected chi connectivity index (χ0v) is 17.0. The molecule has 0 unspecified atom stereocenters. The van der Waals surface area contributed by atoms with Crippen LogP contribution in [0.1, 0.15) is 24.8 Å². The van der Waals surface area contributed by atoms with E-state index in [1.165, 1.54) is 44.4 Å². The number of phenolic OH excluding ortho intramolecular Hbond substituents is 1. The van der Waals surface area contributed by atoms with Gasteiger partial charge in [0.25, 0.3) is 0 Å². The smallest absolute Gasteiger partial charge is 0.317 e. The van der Waals surface area contributed by atoms with Gasteiger partial charge in [0.05, 0.1) is 18.6 Å². The molecular formula is C22H26O8. The van der Waals surface area contributed by atoms with Crippen LogP contribution in [0.4, 0.5) is 0 Å². The molecule has 1 aromatic carbocycles. The third-order valence-electron chi connectivity index (χ3n) is 5.05. The number of rotatable bonds is 8. The van der Waals surface area contributed by atoms with E-state index in [4.69, 9.17) is 14.2 Å². The van der Waals surface area contributed by atoms with E-state index < -0.39 is 47.5 Å². The van der Waals surface area contributed by atoms with Gasteiger partial charge in [-0.2, -0.15) is 0 Å². The number of hydrogen-bond donors (Lipinski definition) is 2. The lowest BCUT2D eigenvalue weighted by molar-refractivity contribution is -0.172. The fourth-order valence-corrected chi connectivity index (χ4v) is 3.78. The summed E-state index contributed by atoms with van der Waals surface area (Å²) in [5.74, 6) is -6.00. The maximum Gasteiger partial charge on any atom is 0.317 e. The van der Waals surface area contributed by atoms with Crippen molar-refractivity contribution in [2.24, 2.45) is 11.8 Å². The van der Waals surface area contributed by atoms with Crippen molar-refractivity contribution < 1.29 is 38.8 Å². The van der Waals surface area contributed by atoms with Crippen LogP contribution in [-0.2, 0) is 23.9 Å². The van der Waals surface area contributed by atoms with Crippen molar-refractivity contribution in [2.45, 2.75) is 24.9 Å². The highest BCUT2D eigenvalue weighted by Crippen LogP contribution is 2.48. The molecule has 1 saturated carbocycles. The first-order valence-electron chi connectivity index (χ1n) is 9.35. The molecule has 30 heavy (non-hydrogen) atoms. The molecule has 1 fully saturated rings. The number of phenols is 1. The molecule has 4 atom stereocenters. The van der Waals surface area contributed by atoms with Gasteiger partial charge in [-0.3, -0.25) is 14.4 Å². The largest absolute Gasteiger partial charge is 0.504 e. The SMILES string of the molecule is C=CCOC(=O)[C@@H]1C(=O)C[C@](C)(O)[C@@H](C(=O)OCC=C)[C@H]1c1ccc(O)c(OC)c1. The summed E-state index contributed by atoms with van der Waals surface area (Å²) >= 11 is 0. The molecule has 0 aliphatic heterocycles. The van der Waals surface area contributed by atoms with Crippen LogP contribution in [0.5, 0.6) is 11.5 Å². The van der Waals surface area contributed by atoms with Crippen molar-refractivity contribution >= 4 is 17.7 Å². The molecule has 0 aromatic heterocycles. The maximum absolute atomic E-state index is 12.9. The number of aliphatic hydroxyl groups is 1. The van der Waals surface area contributed by atoms with E-state index in [2.05, 4.69) is 13.2 Å². The van der Waals surface area contributed by atoms with Crippen molar-refractivity contribution in [2.75, 3.05) is 20.3 Å². The molecule has 2 rings (SSSR count). The van der Waals surface area contributed by atoms with Gasteiger partial charge in [-0.25, -0.2) is 0 Å². The lowest BCUT2D eigenvalue weighted by Gasteiger charge is -2.43. The average molecular weight is 418 g/mol. The monoisotopic (exact) mass is 418 g/mol. The third kappa shape index (κ3) is 4.71. The first-order valence-corrected chi connectivity index (χ1v) is 9.35. The van der Waals surface area contributed by atoms with Crippen LogP contribution < -0.4 is 4.74 Å². The highest BCUT2D eigenvalue weighted by molar-refractivity contribution is 6.02. The predicted molar refractivity (Wildman–Crippen MR) is 107 cm³/mol. The molecule has 0 amide bonds. The summed E-state index contributed by atoms with van der Waals surface area (Å²) < 4.78 is 15.4. The number of Topliss-reactive ketones (excluding diaryl/α,β-unsaturated/α-hetero) is 1. The summed E-state index contributed by atoms with van der Waals surface area (Å²) in [6, 6.07) is 4.19. The topological polar surface area (TPSA) is 119 Å². The van der Waals surface area contributed by atoms with Gasteiger partial charge in [0, 0.05) is 12.3 Å². The molecule has 8 heteroatoms. The fraction of sp³-hybridized carbons (Fsp3) is 0.409. The minimum absolute atomic E-state index is 0.0848. The summed E-state index contributed by atoms with van der Waals surface area (Å²) in [6.07, 6.45) is 2.30. The Morgan fingerprint density at radius 2 is 1.80 bits per heavy atom. The molecule has 1 aromatic rings. The Hall–Kier alpha value is -3.13. The minimum Gasteiger partial charge on any atom is -0.504 e. The van der Waals surface area contributed by atoms with Crippen LogP contribution in [0.2, 0.25) is 0 Å². The van der Waals surface area contributed by atoms with Crippen LogP contribution >= 0.6 is 0 Å². The van der Waals surface area contributed by atoms with E-state index >= 15 is 0 Å². The standard InChI is InChI=1S/C22H26O8/c1-5-9-29-20(25)18-15(24)12-22(3,27)19(21(26)30-10-6-2)17(18)13-7-8-14(23)16(11-13)28-4/h5-8,11,17-19,23,27H,1-2,9-10,12H2,3-4H3/t17-,18+,19+,22-/m0/s1. The van der Waals surface area contributed by atoms with E-state index in [0.29, 0.717) is 5.56 Å². The second-order valence-electron chi connectivity index (χ2n) is 7.25.